The van der Waals surface area contributed by atoms with Gasteiger partial charge in [-0.1, -0.05) is 0 Å². The predicted octanol–water partition coefficient (Wildman–Crippen LogP) is 2.24. The molecule has 0 radical (unpaired) electrons. The molecular weight excluding hydrogens is 254 g/mol. The van der Waals surface area contributed by atoms with Gasteiger partial charge in [0.2, 0.25) is 5.91 Å². The largest absolute Gasteiger partial charge is 0.305 e. The summed E-state index contributed by atoms with van der Waals surface area (Å²) in [5, 5.41) is 12.4. The Balaban J connectivity index is 2.17. The fourth-order valence-corrected chi connectivity index (χ4v) is 3.14. The number of aryl methyl sites for hydroxylation is 1. The third kappa shape index (κ3) is 2.87. The number of hydrogen-bond donors (Lipinski definition) is 0. The lowest BCUT2D eigenvalue weighted by atomic mass is 10.3. The molecule has 0 N–H and O–H groups in total. The Labute approximate surface area is 108 Å². The molecule has 1 amide bonds. The normalized spacial score (nSPS) is 17.4. The van der Waals surface area contributed by atoms with Gasteiger partial charge in [0.15, 0.2) is 0 Å². The molecule has 1 aromatic heterocycles. The summed E-state index contributed by atoms with van der Waals surface area (Å²) < 4.78 is 0. The van der Waals surface area contributed by atoms with Crippen LogP contribution < -0.4 is 0 Å². The number of hydrogen-bond acceptors (Lipinski definition) is 5. The van der Waals surface area contributed by atoms with Gasteiger partial charge in [0.05, 0.1) is 21.8 Å². The molecule has 1 saturated heterocycles. The average Bonchev–Trinajstić information content (AvgIpc) is 2.89. The number of carbonyl (C=O) groups excluding carboxylic acids is 1. The minimum Gasteiger partial charge on any atom is -0.305 e. The fourth-order valence-electron chi connectivity index (χ4n) is 1.53. The van der Waals surface area contributed by atoms with Crippen molar-refractivity contribution in [1.29, 1.82) is 5.26 Å². The highest BCUT2D eigenvalue weighted by Crippen LogP contribution is 2.30. The van der Waals surface area contributed by atoms with Crippen LogP contribution in [0.2, 0.25) is 0 Å². The first-order chi connectivity index (χ1) is 8.20. The Morgan fingerprint density at radius 3 is 3.24 bits per heavy atom. The first kappa shape index (κ1) is 12.1. The van der Waals surface area contributed by atoms with Crippen LogP contribution in [-0.4, -0.2) is 28.1 Å². The molecule has 6 heteroatoms. The van der Waals surface area contributed by atoms with Gasteiger partial charge in [0.1, 0.15) is 6.42 Å². The predicted molar refractivity (Wildman–Crippen MR) is 69.2 cm³/mol. The summed E-state index contributed by atoms with van der Waals surface area (Å²) in [6, 6.07) is 1.89. The van der Waals surface area contributed by atoms with Crippen molar-refractivity contribution in [1.82, 2.24) is 9.88 Å². The maximum atomic E-state index is 11.7. The van der Waals surface area contributed by atoms with E-state index in [0.717, 1.165) is 21.5 Å². The molecule has 17 heavy (non-hydrogen) atoms. The van der Waals surface area contributed by atoms with Crippen molar-refractivity contribution in [2.24, 2.45) is 0 Å². The summed E-state index contributed by atoms with van der Waals surface area (Å²) >= 11 is 3.22. The van der Waals surface area contributed by atoms with Crippen molar-refractivity contribution in [2.45, 2.75) is 13.3 Å². The standard InChI is InChI=1S/C11H11N3OS2/c1-8-13-9(7-17-8)6-11-14(4-5-16-11)10(15)2-3-12/h6-7H,2,4-5H2,1H3/b11-6+. The van der Waals surface area contributed by atoms with Gasteiger partial charge in [-0.25, -0.2) is 4.98 Å². The van der Waals surface area contributed by atoms with Crippen LogP contribution in [0.25, 0.3) is 6.08 Å². The van der Waals surface area contributed by atoms with E-state index < -0.39 is 0 Å². The van der Waals surface area contributed by atoms with Crippen LogP contribution in [0.5, 0.6) is 0 Å². The Bertz CT molecular complexity index is 501. The number of thioether (sulfide) groups is 1. The maximum absolute atomic E-state index is 11.7. The minimum absolute atomic E-state index is 0.0615. The Morgan fingerprint density at radius 2 is 2.59 bits per heavy atom. The van der Waals surface area contributed by atoms with Gasteiger partial charge in [0, 0.05) is 17.7 Å². The van der Waals surface area contributed by atoms with Gasteiger partial charge in [-0.05, 0) is 13.0 Å². The summed E-state index contributed by atoms with van der Waals surface area (Å²) in [4.78, 5) is 17.7. The van der Waals surface area contributed by atoms with Crippen molar-refractivity contribution >= 4 is 35.1 Å². The second kappa shape index (κ2) is 5.34. The molecular formula is C11H11N3OS2. The van der Waals surface area contributed by atoms with Crippen LogP contribution in [0.15, 0.2) is 10.4 Å². The molecule has 88 valence electrons. The zero-order chi connectivity index (χ0) is 12.3. The highest BCUT2D eigenvalue weighted by atomic mass is 32.2. The molecule has 1 fully saturated rings. The molecule has 0 bridgehead atoms. The molecule has 0 spiro atoms. The summed E-state index contributed by atoms with van der Waals surface area (Å²) in [5.74, 6) is 0.752. The lowest BCUT2D eigenvalue weighted by molar-refractivity contribution is -0.127. The number of nitrogens with zero attached hydrogens (tertiary/aromatic N) is 3. The molecule has 1 aromatic rings. The number of amides is 1. The van der Waals surface area contributed by atoms with Gasteiger partial charge >= 0.3 is 0 Å². The number of rotatable bonds is 2. The van der Waals surface area contributed by atoms with Crippen molar-refractivity contribution in [3.8, 4) is 6.07 Å². The zero-order valence-corrected chi connectivity index (χ0v) is 11.0. The third-order valence-corrected chi connectivity index (χ3v) is 4.08. The Hall–Kier alpha value is -1.32. The zero-order valence-electron chi connectivity index (χ0n) is 9.34. The van der Waals surface area contributed by atoms with Gasteiger partial charge in [-0.2, -0.15) is 5.26 Å². The number of carbonyl (C=O) groups is 1. The monoisotopic (exact) mass is 265 g/mol. The topological polar surface area (TPSA) is 57.0 Å². The van der Waals surface area contributed by atoms with Crippen LogP contribution >= 0.6 is 23.1 Å². The van der Waals surface area contributed by atoms with E-state index in [1.807, 2.05) is 24.4 Å². The van der Waals surface area contributed by atoms with E-state index in [-0.39, 0.29) is 12.3 Å². The minimum atomic E-state index is -0.129. The van der Waals surface area contributed by atoms with E-state index >= 15 is 0 Å². The quantitative estimate of drug-likeness (QED) is 0.823. The summed E-state index contributed by atoms with van der Waals surface area (Å²) in [6.45, 7) is 2.63. The second-order valence-electron chi connectivity index (χ2n) is 3.50. The van der Waals surface area contributed by atoms with E-state index in [2.05, 4.69) is 4.98 Å². The van der Waals surface area contributed by atoms with Crippen molar-refractivity contribution < 1.29 is 4.79 Å². The number of thiazole rings is 1. The molecule has 2 heterocycles. The Kier molecular flexibility index (Phi) is 3.82. The summed E-state index contributed by atoms with van der Waals surface area (Å²) in [7, 11) is 0. The van der Waals surface area contributed by atoms with E-state index in [1.54, 1.807) is 28.0 Å². The van der Waals surface area contributed by atoms with Gasteiger partial charge in [0.25, 0.3) is 0 Å². The molecule has 4 nitrogen and oxygen atoms in total. The highest BCUT2D eigenvalue weighted by Gasteiger charge is 2.23. The molecule has 0 atom stereocenters. The van der Waals surface area contributed by atoms with Crippen LogP contribution in [0, 0.1) is 18.3 Å². The van der Waals surface area contributed by atoms with Crippen LogP contribution in [-0.2, 0) is 4.79 Å². The lowest BCUT2D eigenvalue weighted by Crippen LogP contribution is -2.25. The molecule has 2 rings (SSSR count). The molecule has 0 aliphatic carbocycles. The van der Waals surface area contributed by atoms with Crippen molar-refractivity contribution in [2.75, 3.05) is 12.3 Å². The highest BCUT2D eigenvalue weighted by molar-refractivity contribution is 8.03. The number of aromatic nitrogens is 1. The van der Waals surface area contributed by atoms with Crippen LogP contribution in [0.3, 0.4) is 0 Å². The van der Waals surface area contributed by atoms with Gasteiger partial charge in [-0.15, -0.1) is 23.1 Å². The second-order valence-corrected chi connectivity index (χ2v) is 5.68. The first-order valence-corrected chi connectivity index (χ1v) is 7.01. The maximum Gasteiger partial charge on any atom is 0.241 e. The molecule has 1 aliphatic heterocycles. The smallest absolute Gasteiger partial charge is 0.241 e. The third-order valence-electron chi connectivity index (χ3n) is 2.27. The van der Waals surface area contributed by atoms with E-state index in [4.69, 9.17) is 5.26 Å². The van der Waals surface area contributed by atoms with Crippen molar-refractivity contribution in [3.05, 3.63) is 21.1 Å². The first-order valence-electron chi connectivity index (χ1n) is 5.14. The van der Waals surface area contributed by atoms with E-state index in [9.17, 15) is 4.79 Å². The number of nitriles is 1. The van der Waals surface area contributed by atoms with Crippen molar-refractivity contribution in [3.63, 3.8) is 0 Å². The Morgan fingerprint density at radius 1 is 1.76 bits per heavy atom. The van der Waals surface area contributed by atoms with Gasteiger partial charge in [-0.3, -0.25) is 4.79 Å². The van der Waals surface area contributed by atoms with Gasteiger partial charge < -0.3 is 4.90 Å². The lowest BCUT2D eigenvalue weighted by Gasteiger charge is -2.14. The molecule has 0 unspecified atom stereocenters. The summed E-state index contributed by atoms with van der Waals surface area (Å²) in [6.07, 6.45) is 1.85. The molecule has 1 aliphatic rings. The molecule has 0 aromatic carbocycles. The fraction of sp³-hybridized carbons (Fsp3) is 0.364. The summed E-state index contributed by atoms with van der Waals surface area (Å²) in [5.41, 5.74) is 0.881. The SMILES string of the molecule is Cc1nc(/C=C2/SCCN2C(=O)CC#N)cs1. The van der Waals surface area contributed by atoms with E-state index in [1.165, 1.54) is 0 Å². The van der Waals surface area contributed by atoms with Crippen LogP contribution in [0.4, 0.5) is 0 Å². The average molecular weight is 265 g/mol. The van der Waals surface area contributed by atoms with E-state index in [0.29, 0.717) is 6.54 Å². The molecule has 0 saturated carbocycles. The van der Waals surface area contributed by atoms with Crippen LogP contribution in [0.1, 0.15) is 17.1 Å².